The first-order chi connectivity index (χ1) is 15.5. The second kappa shape index (κ2) is 11.0. The minimum absolute atomic E-state index is 0.0737. The van der Waals surface area contributed by atoms with E-state index < -0.39 is 5.97 Å². The second-order valence-corrected chi connectivity index (χ2v) is 8.49. The Balaban J connectivity index is 1.76. The number of nitrogens with zero attached hydrogens (tertiary/aromatic N) is 1. The van der Waals surface area contributed by atoms with Crippen LogP contribution in [-0.2, 0) is 9.53 Å². The fourth-order valence-electron chi connectivity index (χ4n) is 3.24. The number of hydrogen-bond donors (Lipinski definition) is 1. The second-order valence-electron chi connectivity index (χ2n) is 7.54. The summed E-state index contributed by atoms with van der Waals surface area (Å²) in [5, 5.41) is 4.51. The average Bonchev–Trinajstić information content (AvgIpc) is 3.44. The van der Waals surface area contributed by atoms with Crippen LogP contribution in [0.4, 0.5) is 5.69 Å². The topological polar surface area (TPSA) is 94.2 Å². The van der Waals surface area contributed by atoms with Crippen molar-refractivity contribution in [2.75, 3.05) is 39.2 Å². The molecule has 0 atom stereocenters. The van der Waals surface area contributed by atoms with E-state index in [-0.39, 0.29) is 29.7 Å². The van der Waals surface area contributed by atoms with Crippen molar-refractivity contribution in [2.24, 2.45) is 5.92 Å². The maximum Gasteiger partial charge on any atom is 0.340 e. The third-order valence-electron chi connectivity index (χ3n) is 5.09. The highest BCUT2D eigenvalue weighted by Crippen LogP contribution is 2.34. The number of hydrogen-bond acceptors (Lipinski definition) is 7. The van der Waals surface area contributed by atoms with Gasteiger partial charge in [-0.15, -0.1) is 11.3 Å². The van der Waals surface area contributed by atoms with Crippen LogP contribution in [0.3, 0.4) is 0 Å². The van der Waals surface area contributed by atoms with Gasteiger partial charge in [0.25, 0.3) is 11.8 Å². The molecule has 172 valence electrons. The van der Waals surface area contributed by atoms with Gasteiger partial charge in [0.1, 0.15) is 0 Å². The van der Waals surface area contributed by atoms with Crippen molar-refractivity contribution in [3.05, 3.63) is 40.1 Å². The first-order valence-corrected chi connectivity index (χ1v) is 11.4. The van der Waals surface area contributed by atoms with Crippen molar-refractivity contribution in [1.29, 1.82) is 0 Å². The highest BCUT2D eigenvalue weighted by molar-refractivity contribution is 7.12. The van der Waals surface area contributed by atoms with Crippen molar-refractivity contribution in [1.82, 2.24) is 4.90 Å². The molecule has 0 spiro atoms. The molecule has 1 aliphatic carbocycles. The number of rotatable bonds is 11. The normalized spacial score (nSPS) is 12.7. The third kappa shape index (κ3) is 6.00. The van der Waals surface area contributed by atoms with Gasteiger partial charge in [-0.25, -0.2) is 4.79 Å². The van der Waals surface area contributed by atoms with Crippen LogP contribution in [0.5, 0.6) is 11.5 Å². The molecular formula is C23H28N2O6S. The molecule has 9 heteroatoms. The smallest absolute Gasteiger partial charge is 0.340 e. The third-order valence-corrected chi connectivity index (χ3v) is 5.95. The Bertz CT molecular complexity index is 956. The number of amides is 2. The monoisotopic (exact) mass is 460 g/mol. The molecule has 0 bridgehead atoms. The SMILES string of the molecule is CCCN(CC1CC1)C(=O)COC(=O)c1cc(OC)c(OC)cc1NC(=O)c1cccs1. The van der Waals surface area contributed by atoms with Gasteiger partial charge < -0.3 is 24.4 Å². The van der Waals surface area contributed by atoms with Crippen LogP contribution < -0.4 is 14.8 Å². The summed E-state index contributed by atoms with van der Waals surface area (Å²) in [7, 11) is 2.91. The first-order valence-electron chi connectivity index (χ1n) is 10.5. The van der Waals surface area contributed by atoms with Gasteiger partial charge in [-0.2, -0.15) is 0 Å². The predicted molar refractivity (Wildman–Crippen MR) is 122 cm³/mol. The summed E-state index contributed by atoms with van der Waals surface area (Å²) in [4.78, 5) is 40.3. The van der Waals surface area contributed by atoms with Gasteiger partial charge >= 0.3 is 5.97 Å². The number of esters is 1. The fraction of sp³-hybridized carbons (Fsp3) is 0.435. The van der Waals surface area contributed by atoms with Gasteiger partial charge in [0.05, 0.1) is 30.3 Å². The molecule has 3 rings (SSSR count). The number of carbonyl (C=O) groups is 3. The van der Waals surface area contributed by atoms with Gasteiger partial charge in [-0.1, -0.05) is 13.0 Å². The summed E-state index contributed by atoms with van der Waals surface area (Å²) in [6.07, 6.45) is 3.10. The largest absolute Gasteiger partial charge is 0.493 e. The number of methoxy groups -OCH3 is 2. The minimum atomic E-state index is -0.733. The number of benzene rings is 1. The van der Waals surface area contributed by atoms with Gasteiger partial charge in [0, 0.05) is 25.2 Å². The van der Waals surface area contributed by atoms with Gasteiger partial charge in [-0.05, 0) is 36.6 Å². The summed E-state index contributed by atoms with van der Waals surface area (Å²) >= 11 is 1.28. The van der Waals surface area contributed by atoms with E-state index in [9.17, 15) is 14.4 Å². The van der Waals surface area contributed by atoms with E-state index in [2.05, 4.69) is 5.32 Å². The molecular weight excluding hydrogens is 432 g/mol. The van der Waals surface area contributed by atoms with Crippen LogP contribution in [0.15, 0.2) is 29.6 Å². The number of nitrogens with one attached hydrogen (secondary N) is 1. The molecule has 1 saturated carbocycles. The van der Waals surface area contributed by atoms with Crippen molar-refractivity contribution < 1.29 is 28.6 Å². The van der Waals surface area contributed by atoms with Gasteiger partial charge in [0.15, 0.2) is 18.1 Å². The lowest BCUT2D eigenvalue weighted by atomic mass is 10.1. The quantitative estimate of drug-likeness (QED) is 0.513. The zero-order valence-electron chi connectivity index (χ0n) is 18.5. The Hall–Kier alpha value is -3.07. The predicted octanol–water partition coefficient (Wildman–Crippen LogP) is 3.82. The Labute approximate surface area is 191 Å². The van der Waals surface area contributed by atoms with E-state index in [1.54, 1.807) is 22.4 Å². The minimum Gasteiger partial charge on any atom is -0.493 e. The van der Waals surface area contributed by atoms with E-state index in [4.69, 9.17) is 14.2 Å². The zero-order chi connectivity index (χ0) is 23.1. The number of ether oxygens (including phenoxy) is 3. The van der Waals surface area contributed by atoms with E-state index in [1.165, 1.54) is 37.7 Å². The lowest BCUT2D eigenvalue weighted by molar-refractivity contribution is -0.134. The fourth-order valence-corrected chi connectivity index (χ4v) is 3.86. The average molecular weight is 461 g/mol. The van der Waals surface area contributed by atoms with Crippen LogP contribution >= 0.6 is 11.3 Å². The highest BCUT2D eigenvalue weighted by atomic mass is 32.1. The molecule has 1 heterocycles. The summed E-state index contributed by atoms with van der Waals surface area (Å²) in [6, 6.07) is 6.38. The molecule has 0 unspecified atom stereocenters. The van der Waals surface area contributed by atoms with Crippen molar-refractivity contribution in [3.63, 3.8) is 0 Å². The molecule has 8 nitrogen and oxygen atoms in total. The first kappa shape index (κ1) is 23.6. The molecule has 1 aromatic carbocycles. The molecule has 0 saturated heterocycles. The summed E-state index contributed by atoms with van der Waals surface area (Å²) in [5.74, 6) is -0.121. The van der Waals surface area contributed by atoms with Crippen LogP contribution in [-0.4, -0.2) is 56.6 Å². The molecule has 0 radical (unpaired) electrons. The number of carbonyl (C=O) groups excluding carboxylic acids is 3. The van der Waals surface area contributed by atoms with E-state index >= 15 is 0 Å². The Kier molecular flexibility index (Phi) is 8.10. The van der Waals surface area contributed by atoms with Crippen molar-refractivity contribution in [3.8, 4) is 11.5 Å². The van der Waals surface area contributed by atoms with E-state index in [1.807, 2.05) is 6.92 Å². The van der Waals surface area contributed by atoms with Crippen molar-refractivity contribution >= 4 is 34.8 Å². The van der Waals surface area contributed by atoms with E-state index in [0.29, 0.717) is 35.4 Å². The van der Waals surface area contributed by atoms with Crippen LogP contribution in [0.25, 0.3) is 0 Å². The zero-order valence-corrected chi connectivity index (χ0v) is 19.3. The maximum atomic E-state index is 12.9. The molecule has 2 aromatic rings. The van der Waals surface area contributed by atoms with Crippen molar-refractivity contribution in [2.45, 2.75) is 26.2 Å². The molecule has 1 aliphatic rings. The number of thiophene rings is 1. The summed E-state index contributed by atoms with van der Waals surface area (Å²) in [6.45, 7) is 2.97. The molecule has 1 aromatic heterocycles. The molecule has 1 N–H and O–H groups in total. The Morgan fingerprint density at radius 1 is 1.16 bits per heavy atom. The Morgan fingerprint density at radius 2 is 1.88 bits per heavy atom. The Morgan fingerprint density at radius 3 is 2.47 bits per heavy atom. The van der Waals surface area contributed by atoms with Crippen LogP contribution in [0.2, 0.25) is 0 Å². The molecule has 2 amide bonds. The van der Waals surface area contributed by atoms with Crippen LogP contribution in [0.1, 0.15) is 46.2 Å². The van der Waals surface area contributed by atoms with Gasteiger partial charge in [0.2, 0.25) is 0 Å². The van der Waals surface area contributed by atoms with Crippen LogP contribution in [0, 0.1) is 5.92 Å². The summed E-state index contributed by atoms with van der Waals surface area (Å²) < 4.78 is 15.9. The molecule has 1 fully saturated rings. The lowest BCUT2D eigenvalue weighted by Crippen LogP contribution is -2.36. The standard InChI is InChI=1S/C23H28N2O6S/c1-4-9-25(13-15-7-8-15)21(26)14-31-23(28)16-11-18(29-2)19(30-3)12-17(16)24-22(27)20-6-5-10-32-20/h5-6,10-12,15H,4,7-9,13-14H2,1-3H3,(H,24,27). The van der Waals surface area contributed by atoms with Gasteiger partial charge in [-0.3, -0.25) is 9.59 Å². The lowest BCUT2D eigenvalue weighted by Gasteiger charge is -2.22. The molecule has 32 heavy (non-hydrogen) atoms. The number of anilines is 1. The van der Waals surface area contributed by atoms with E-state index in [0.717, 1.165) is 19.3 Å². The summed E-state index contributed by atoms with van der Waals surface area (Å²) in [5.41, 5.74) is 0.284. The maximum absolute atomic E-state index is 12.9. The molecule has 0 aliphatic heterocycles. The highest BCUT2D eigenvalue weighted by Gasteiger charge is 2.27.